The van der Waals surface area contributed by atoms with Gasteiger partial charge in [0.15, 0.2) is 0 Å². The molecule has 0 N–H and O–H groups in total. The standard InChI is InChI=1S/C48H38O2/c1-47(2,3)37-21-25-41-45-33(15-9-17-35(37)45)31-13-7-11-29-27(19-23-39(49-41)43(29)31)28-20-24-40-44-30(28)12-8-14-32(44)34-16-10-18-36-38(48(4,5)6)22-26-42(50-40)46(34)36/h7-26H,1-6H3. The highest BCUT2D eigenvalue weighted by atomic mass is 16.3. The van der Waals surface area contributed by atoms with Crippen molar-refractivity contribution >= 4 is 87.0 Å². The molecule has 0 atom stereocenters. The molecule has 0 aliphatic rings. The van der Waals surface area contributed by atoms with E-state index in [-0.39, 0.29) is 10.8 Å². The van der Waals surface area contributed by atoms with Crippen molar-refractivity contribution in [1.29, 1.82) is 0 Å². The smallest absolute Gasteiger partial charge is 0.135 e. The van der Waals surface area contributed by atoms with Crippen LogP contribution in [0.3, 0.4) is 0 Å². The molecule has 10 aromatic rings. The molecule has 2 heteroatoms. The maximum Gasteiger partial charge on any atom is 0.135 e. The Kier molecular flexibility index (Phi) is 5.86. The van der Waals surface area contributed by atoms with Crippen molar-refractivity contribution in [1.82, 2.24) is 0 Å². The molecule has 2 heterocycles. The van der Waals surface area contributed by atoms with E-state index < -0.39 is 0 Å². The molecule has 0 fully saturated rings. The van der Waals surface area contributed by atoms with Crippen molar-refractivity contribution in [3.8, 4) is 11.1 Å². The Bertz CT molecular complexity index is 2830. The molecule has 2 aromatic heterocycles. The van der Waals surface area contributed by atoms with Crippen molar-refractivity contribution < 1.29 is 8.83 Å². The van der Waals surface area contributed by atoms with E-state index in [0.29, 0.717) is 0 Å². The van der Waals surface area contributed by atoms with Crippen molar-refractivity contribution in [2.24, 2.45) is 0 Å². The van der Waals surface area contributed by atoms with Crippen molar-refractivity contribution in [2.75, 3.05) is 0 Å². The predicted octanol–water partition coefficient (Wildman–Crippen LogP) is 14.4. The quantitative estimate of drug-likeness (QED) is 0.177. The number of hydrogen-bond donors (Lipinski definition) is 0. The minimum atomic E-state index is 0.00844. The summed E-state index contributed by atoms with van der Waals surface area (Å²) in [6.07, 6.45) is 0. The van der Waals surface area contributed by atoms with E-state index in [4.69, 9.17) is 8.83 Å². The fourth-order valence-electron chi connectivity index (χ4n) is 8.75. The second-order valence-electron chi connectivity index (χ2n) is 16.1. The Morgan fingerprint density at radius 3 is 0.920 bits per heavy atom. The molecule has 0 bridgehead atoms. The SMILES string of the molecule is CC(C)(C)c1ccc2oc3ccc(-c4ccc5oc6ccc(C(C)(C)C)c7cccc(c8cccc4c58)c67)c4cccc(c5cccc1c25)c34. The first-order valence-electron chi connectivity index (χ1n) is 17.7. The van der Waals surface area contributed by atoms with E-state index in [2.05, 4.69) is 163 Å². The summed E-state index contributed by atoms with van der Waals surface area (Å²) < 4.78 is 13.7. The first kappa shape index (κ1) is 29.3. The summed E-state index contributed by atoms with van der Waals surface area (Å²) in [7, 11) is 0. The molecule has 50 heavy (non-hydrogen) atoms. The third kappa shape index (κ3) is 4.02. The Labute approximate surface area is 290 Å². The van der Waals surface area contributed by atoms with Crippen LogP contribution in [0, 0.1) is 0 Å². The van der Waals surface area contributed by atoms with Crippen LogP contribution in [-0.2, 0) is 10.8 Å². The van der Waals surface area contributed by atoms with Gasteiger partial charge in [0.05, 0.1) is 0 Å². The molecule has 0 radical (unpaired) electrons. The van der Waals surface area contributed by atoms with Crippen molar-refractivity contribution in [3.63, 3.8) is 0 Å². The Morgan fingerprint density at radius 2 is 0.580 bits per heavy atom. The van der Waals surface area contributed by atoms with Crippen LogP contribution in [0.4, 0.5) is 0 Å². The molecule has 0 amide bonds. The topological polar surface area (TPSA) is 26.3 Å². The van der Waals surface area contributed by atoms with Crippen LogP contribution >= 0.6 is 0 Å². The third-order valence-corrected chi connectivity index (χ3v) is 10.9. The van der Waals surface area contributed by atoms with Gasteiger partial charge in [-0.25, -0.2) is 0 Å². The lowest BCUT2D eigenvalue weighted by atomic mass is 9.83. The summed E-state index contributed by atoms with van der Waals surface area (Å²) in [4.78, 5) is 0. The average molecular weight is 647 g/mol. The van der Waals surface area contributed by atoms with Gasteiger partial charge >= 0.3 is 0 Å². The fourth-order valence-corrected chi connectivity index (χ4v) is 8.75. The number of rotatable bonds is 1. The first-order valence-corrected chi connectivity index (χ1v) is 17.7. The van der Waals surface area contributed by atoms with Crippen LogP contribution in [0.5, 0.6) is 0 Å². The van der Waals surface area contributed by atoms with E-state index in [1.165, 1.54) is 76.1 Å². The Hall–Kier alpha value is -5.60. The minimum absolute atomic E-state index is 0.00844. The zero-order chi connectivity index (χ0) is 34.1. The van der Waals surface area contributed by atoms with E-state index in [1.807, 2.05) is 0 Å². The molecule has 0 saturated heterocycles. The maximum atomic E-state index is 6.86. The zero-order valence-corrected chi connectivity index (χ0v) is 29.4. The normalized spacial score (nSPS) is 13.0. The van der Waals surface area contributed by atoms with Crippen LogP contribution < -0.4 is 0 Å². The van der Waals surface area contributed by atoms with E-state index in [9.17, 15) is 0 Å². The molecule has 0 spiro atoms. The summed E-state index contributed by atoms with van der Waals surface area (Å²) in [5, 5.41) is 14.4. The predicted molar refractivity (Wildman–Crippen MR) is 214 cm³/mol. The van der Waals surface area contributed by atoms with Crippen LogP contribution in [0.1, 0.15) is 52.7 Å². The summed E-state index contributed by atoms with van der Waals surface area (Å²) in [6, 6.07) is 44.4. The molecule has 10 rings (SSSR count). The van der Waals surface area contributed by atoms with E-state index >= 15 is 0 Å². The highest BCUT2D eigenvalue weighted by Crippen LogP contribution is 2.46. The molecular formula is C48H38O2. The average Bonchev–Trinajstić information content (AvgIpc) is 3.33. The molecule has 8 aromatic carbocycles. The summed E-state index contributed by atoms with van der Waals surface area (Å²) in [5.74, 6) is 0. The molecule has 0 unspecified atom stereocenters. The second kappa shape index (κ2) is 9.98. The highest BCUT2D eigenvalue weighted by Gasteiger charge is 2.23. The van der Waals surface area contributed by atoms with Gasteiger partial charge in [-0.1, -0.05) is 139 Å². The van der Waals surface area contributed by atoms with Gasteiger partial charge in [0.25, 0.3) is 0 Å². The fraction of sp³-hybridized carbons (Fsp3) is 0.167. The van der Waals surface area contributed by atoms with Crippen LogP contribution in [0.25, 0.3) is 98.1 Å². The largest absolute Gasteiger partial charge is 0.456 e. The Morgan fingerprint density at radius 1 is 0.300 bits per heavy atom. The van der Waals surface area contributed by atoms with Gasteiger partial charge < -0.3 is 8.83 Å². The monoisotopic (exact) mass is 646 g/mol. The minimum Gasteiger partial charge on any atom is -0.456 e. The zero-order valence-electron chi connectivity index (χ0n) is 29.4. The van der Waals surface area contributed by atoms with Crippen molar-refractivity contribution in [2.45, 2.75) is 52.4 Å². The molecule has 242 valence electrons. The van der Waals surface area contributed by atoms with E-state index in [1.54, 1.807) is 0 Å². The van der Waals surface area contributed by atoms with Gasteiger partial charge in [0.2, 0.25) is 0 Å². The number of fused-ring (bicyclic) bond motifs is 2. The second-order valence-corrected chi connectivity index (χ2v) is 16.1. The summed E-state index contributed by atoms with van der Waals surface area (Å²) in [6.45, 7) is 13.7. The lowest BCUT2D eigenvalue weighted by molar-refractivity contribution is 0.595. The molecular weight excluding hydrogens is 609 g/mol. The van der Waals surface area contributed by atoms with E-state index in [0.717, 1.165) is 33.1 Å². The van der Waals surface area contributed by atoms with Crippen LogP contribution in [0.15, 0.2) is 130 Å². The number of hydrogen-bond acceptors (Lipinski definition) is 2. The first-order chi connectivity index (χ1) is 24.1. The van der Waals surface area contributed by atoms with Gasteiger partial charge in [0, 0.05) is 21.5 Å². The van der Waals surface area contributed by atoms with Crippen LogP contribution in [0.2, 0.25) is 0 Å². The van der Waals surface area contributed by atoms with Crippen molar-refractivity contribution in [3.05, 3.63) is 132 Å². The summed E-state index contributed by atoms with van der Waals surface area (Å²) in [5.41, 5.74) is 8.63. The summed E-state index contributed by atoms with van der Waals surface area (Å²) >= 11 is 0. The highest BCUT2D eigenvalue weighted by molar-refractivity contribution is 6.28. The lowest BCUT2D eigenvalue weighted by Gasteiger charge is -2.21. The molecule has 0 aliphatic heterocycles. The number of benzene rings is 8. The lowest BCUT2D eigenvalue weighted by Crippen LogP contribution is -2.11. The molecule has 0 aliphatic carbocycles. The maximum absolute atomic E-state index is 6.86. The Balaban J connectivity index is 1.32. The van der Waals surface area contributed by atoms with Gasteiger partial charge in [0.1, 0.15) is 22.3 Å². The van der Waals surface area contributed by atoms with Crippen LogP contribution in [-0.4, -0.2) is 0 Å². The van der Waals surface area contributed by atoms with Gasteiger partial charge in [-0.2, -0.15) is 0 Å². The van der Waals surface area contributed by atoms with Gasteiger partial charge in [-0.05, 0) is 100 Å². The molecule has 0 saturated carbocycles. The van der Waals surface area contributed by atoms with Gasteiger partial charge in [-0.15, -0.1) is 0 Å². The third-order valence-electron chi connectivity index (χ3n) is 10.9. The van der Waals surface area contributed by atoms with Gasteiger partial charge in [-0.3, -0.25) is 0 Å². The molecule has 2 nitrogen and oxygen atoms in total.